The van der Waals surface area contributed by atoms with E-state index in [2.05, 4.69) is 15.0 Å². The van der Waals surface area contributed by atoms with Gasteiger partial charge in [0.1, 0.15) is 23.6 Å². The first kappa shape index (κ1) is 25.7. The maximum atomic E-state index is 14.3. The van der Waals surface area contributed by atoms with Crippen LogP contribution < -0.4 is 4.90 Å². The van der Waals surface area contributed by atoms with Gasteiger partial charge in [0.2, 0.25) is 0 Å². The van der Waals surface area contributed by atoms with Gasteiger partial charge >= 0.3 is 12.3 Å². The molecule has 1 aliphatic heterocycles. The zero-order chi connectivity index (χ0) is 26.4. The number of aryl methyl sites for hydroxylation is 1. The molecule has 0 unspecified atom stereocenters. The van der Waals surface area contributed by atoms with Gasteiger partial charge < -0.3 is 14.5 Å². The summed E-state index contributed by atoms with van der Waals surface area (Å²) < 4.78 is 49.7. The predicted molar refractivity (Wildman–Crippen MR) is 130 cm³/mol. The Morgan fingerprint density at radius 3 is 2.47 bits per heavy atom. The zero-order valence-electron chi connectivity index (χ0n) is 21.3. The van der Waals surface area contributed by atoms with Gasteiger partial charge in [0.05, 0.1) is 10.9 Å². The number of carbonyl (C=O) groups excluding carboxylic acids is 1. The van der Waals surface area contributed by atoms with Gasteiger partial charge in [-0.2, -0.15) is 13.2 Å². The van der Waals surface area contributed by atoms with Crippen molar-refractivity contribution in [3.63, 3.8) is 0 Å². The molecule has 4 heterocycles. The van der Waals surface area contributed by atoms with Gasteiger partial charge in [-0.1, -0.05) is 6.92 Å². The first-order chi connectivity index (χ1) is 16.8. The van der Waals surface area contributed by atoms with Crippen molar-refractivity contribution in [3.05, 3.63) is 42.0 Å². The van der Waals surface area contributed by atoms with E-state index >= 15 is 0 Å². The highest BCUT2D eigenvalue weighted by Gasteiger charge is 2.40. The summed E-state index contributed by atoms with van der Waals surface area (Å²) in [6.07, 6.45) is -0.463. The van der Waals surface area contributed by atoms with Crippen LogP contribution in [-0.4, -0.2) is 61.3 Å². The molecule has 3 aromatic rings. The summed E-state index contributed by atoms with van der Waals surface area (Å²) in [5.74, 6) is 0.538. The highest BCUT2D eigenvalue weighted by molar-refractivity contribution is 5.93. The molecule has 1 aliphatic rings. The molecular weight excluding hydrogens is 473 g/mol. The van der Waals surface area contributed by atoms with Crippen molar-refractivity contribution >= 4 is 22.9 Å². The molecule has 1 saturated heterocycles. The molecule has 3 aromatic heterocycles. The Kier molecular flexibility index (Phi) is 6.61. The third-order valence-electron chi connectivity index (χ3n) is 6.22. The van der Waals surface area contributed by atoms with Crippen molar-refractivity contribution in [1.82, 2.24) is 24.4 Å². The highest BCUT2D eigenvalue weighted by Crippen LogP contribution is 2.41. The molecular formula is C25H31F3N6O2. The van der Waals surface area contributed by atoms with Crippen molar-refractivity contribution in [2.24, 2.45) is 0 Å². The van der Waals surface area contributed by atoms with Crippen LogP contribution in [0.25, 0.3) is 16.9 Å². The lowest BCUT2D eigenvalue weighted by atomic mass is 10.1. The molecule has 11 heteroatoms. The fourth-order valence-corrected chi connectivity index (χ4v) is 4.46. The number of hydrogen-bond acceptors (Lipinski definition) is 6. The summed E-state index contributed by atoms with van der Waals surface area (Å²) in [4.78, 5) is 29.0. The largest absolute Gasteiger partial charge is 0.444 e. The number of amides is 1. The molecule has 2 atom stereocenters. The van der Waals surface area contributed by atoms with E-state index in [4.69, 9.17) is 4.74 Å². The molecule has 0 aliphatic carbocycles. The molecule has 8 nitrogen and oxygen atoms in total. The fraction of sp³-hybridized carbons (Fsp3) is 0.520. The van der Waals surface area contributed by atoms with E-state index in [0.717, 1.165) is 18.2 Å². The standard InChI is InChI=1S/C25H31F3N6O2/c1-7-17-8-9-29-19(10-17)34-13-18(25(26,27)28)20-21(30-14-31-22(20)34)32-11-16(3)33(12-15(32)2)23(35)36-24(4,5)6/h8-10,13-16H,7,11-12H2,1-6H3/t15-,16+/m0/s1. The fourth-order valence-electron chi connectivity index (χ4n) is 4.46. The van der Waals surface area contributed by atoms with Crippen molar-refractivity contribution in [2.75, 3.05) is 18.0 Å². The highest BCUT2D eigenvalue weighted by atomic mass is 19.4. The zero-order valence-corrected chi connectivity index (χ0v) is 21.3. The molecule has 0 radical (unpaired) electrons. The van der Waals surface area contributed by atoms with E-state index in [1.807, 2.05) is 31.7 Å². The number of anilines is 1. The van der Waals surface area contributed by atoms with Crippen LogP contribution in [0.15, 0.2) is 30.9 Å². The Hall–Kier alpha value is -3.37. The normalized spacial score (nSPS) is 19.1. The molecule has 0 bridgehead atoms. The topological polar surface area (TPSA) is 76.4 Å². The van der Waals surface area contributed by atoms with Crippen molar-refractivity contribution in [3.8, 4) is 5.82 Å². The van der Waals surface area contributed by atoms with Gasteiger partial charge in [-0.25, -0.2) is 19.7 Å². The van der Waals surface area contributed by atoms with E-state index < -0.39 is 23.4 Å². The van der Waals surface area contributed by atoms with Gasteiger partial charge in [0.25, 0.3) is 0 Å². The van der Waals surface area contributed by atoms with E-state index in [1.165, 1.54) is 10.9 Å². The molecule has 0 N–H and O–H groups in total. The summed E-state index contributed by atoms with van der Waals surface area (Å²) in [6.45, 7) is 11.6. The Morgan fingerprint density at radius 1 is 1.11 bits per heavy atom. The Bertz CT molecular complexity index is 1270. The van der Waals surface area contributed by atoms with Crippen LogP contribution in [0.3, 0.4) is 0 Å². The number of pyridine rings is 1. The van der Waals surface area contributed by atoms with Crippen LogP contribution in [0.1, 0.15) is 52.7 Å². The van der Waals surface area contributed by atoms with Gasteiger partial charge in [0, 0.05) is 37.6 Å². The maximum absolute atomic E-state index is 14.3. The Morgan fingerprint density at radius 2 is 1.83 bits per heavy atom. The van der Waals surface area contributed by atoms with Crippen LogP contribution in [-0.2, 0) is 17.3 Å². The minimum atomic E-state index is -4.63. The number of rotatable bonds is 3. The third-order valence-corrected chi connectivity index (χ3v) is 6.22. The lowest BCUT2D eigenvalue weighted by Gasteiger charge is -2.44. The number of ether oxygens (including phenoxy) is 1. The lowest BCUT2D eigenvalue weighted by Crippen LogP contribution is -2.59. The summed E-state index contributed by atoms with van der Waals surface area (Å²) >= 11 is 0. The van der Waals surface area contributed by atoms with Crippen molar-refractivity contribution < 1.29 is 22.7 Å². The van der Waals surface area contributed by atoms with E-state index in [1.54, 1.807) is 37.9 Å². The molecule has 1 fully saturated rings. The van der Waals surface area contributed by atoms with Crippen molar-refractivity contribution in [1.29, 1.82) is 0 Å². The third kappa shape index (κ3) is 4.96. The molecule has 0 spiro atoms. The average Bonchev–Trinajstić information content (AvgIpc) is 3.20. The first-order valence-corrected chi connectivity index (χ1v) is 11.9. The number of nitrogens with zero attached hydrogens (tertiary/aromatic N) is 6. The maximum Gasteiger partial charge on any atom is 0.418 e. The number of halogens is 3. The van der Waals surface area contributed by atoms with Gasteiger partial charge in [0.15, 0.2) is 5.65 Å². The summed E-state index contributed by atoms with van der Waals surface area (Å²) in [6, 6.07) is 2.97. The molecule has 0 aromatic carbocycles. The SMILES string of the molecule is CCc1ccnc(-n2cc(C(F)(F)F)c3c(N4C[C@@H](C)N(C(=O)OC(C)(C)C)C[C@@H]4C)ncnc32)c1. The number of fused-ring (bicyclic) bond motifs is 1. The molecule has 36 heavy (non-hydrogen) atoms. The van der Waals surface area contributed by atoms with Gasteiger partial charge in [-0.3, -0.25) is 4.57 Å². The number of alkyl halides is 3. The number of hydrogen-bond donors (Lipinski definition) is 0. The quantitative estimate of drug-likeness (QED) is 0.486. The molecule has 0 saturated carbocycles. The van der Waals surface area contributed by atoms with Crippen LogP contribution in [0.2, 0.25) is 0 Å². The monoisotopic (exact) mass is 504 g/mol. The lowest BCUT2D eigenvalue weighted by molar-refractivity contribution is -0.136. The second-order valence-electron chi connectivity index (χ2n) is 10.2. The second kappa shape index (κ2) is 9.25. The van der Waals surface area contributed by atoms with Crippen LogP contribution >= 0.6 is 0 Å². The average molecular weight is 505 g/mol. The van der Waals surface area contributed by atoms with E-state index in [-0.39, 0.29) is 35.5 Å². The van der Waals surface area contributed by atoms with Crippen LogP contribution in [0.5, 0.6) is 0 Å². The van der Waals surface area contributed by atoms with Gasteiger partial charge in [-0.15, -0.1) is 0 Å². The number of piperazine rings is 1. The minimum absolute atomic E-state index is 0.0848. The van der Waals surface area contributed by atoms with E-state index in [0.29, 0.717) is 12.4 Å². The van der Waals surface area contributed by atoms with E-state index in [9.17, 15) is 18.0 Å². The number of carbonyl (C=O) groups is 1. The minimum Gasteiger partial charge on any atom is -0.444 e. The second-order valence-corrected chi connectivity index (χ2v) is 10.2. The van der Waals surface area contributed by atoms with Gasteiger partial charge in [-0.05, 0) is 58.7 Å². The number of aromatic nitrogens is 4. The van der Waals surface area contributed by atoms with Crippen LogP contribution in [0.4, 0.5) is 23.8 Å². The summed E-state index contributed by atoms with van der Waals surface area (Å²) in [5.41, 5.74) is -0.400. The molecule has 194 valence electrons. The van der Waals surface area contributed by atoms with Crippen LogP contribution in [0, 0.1) is 0 Å². The Labute approximate surface area is 208 Å². The van der Waals surface area contributed by atoms with Crippen molar-refractivity contribution in [2.45, 2.75) is 71.8 Å². The predicted octanol–water partition coefficient (Wildman–Crippen LogP) is 5.23. The first-order valence-electron chi connectivity index (χ1n) is 11.9. The summed E-state index contributed by atoms with van der Waals surface area (Å²) in [7, 11) is 0. The molecule has 1 amide bonds. The summed E-state index contributed by atoms with van der Waals surface area (Å²) in [5, 5.41) is -0.0848. The smallest absolute Gasteiger partial charge is 0.418 e. The Balaban J connectivity index is 1.79. The molecule has 4 rings (SSSR count).